The fourth-order valence-electron chi connectivity index (χ4n) is 8.76. The fraction of sp³-hybridized carbons (Fsp3) is 0.633. The number of amides is 9. The van der Waals surface area contributed by atoms with E-state index in [1.165, 1.54) is 30.2 Å². The first-order chi connectivity index (χ1) is 39.5. The van der Waals surface area contributed by atoms with Crippen LogP contribution in [0.5, 0.6) is 5.75 Å². The first-order valence-electron chi connectivity index (χ1n) is 29.1. The van der Waals surface area contributed by atoms with Crippen LogP contribution in [-0.2, 0) is 59.1 Å². The molecule has 10 atom stereocenters. The Balaban J connectivity index is 2.12. The minimum absolute atomic E-state index is 0.00327. The van der Waals surface area contributed by atoms with Crippen LogP contribution in [0, 0.1) is 29.6 Å². The molecule has 0 saturated heterocycles. The molecule has 0 aromatic heterocycles. The first kappa shape index (κ1) is 72.9. The van der Waals surface area contributed by atoms with Gasteiger partial charge in [0.05, 0.1) is 43.9 Å². The molecule has 1 aliphatic rings. The number of benzene rings is 1. The molecular formula is C60H95N9O15. The van der Waals surface area contributed by atoms with Crippen LogP contribution in [0.1, 0.15) is 127 Å². The van der Waals surface area contributed by atoms with E-state index in [2.05, 4.69) is 49.5 Å². The number of allylic oxidation sites excluding steroid dienone is 1. The quantitative estimate of drug-likeness (QED) is 0.0209. The normalized spacial score (nSPS) is 19.1. The van der Waals surface area contributed by atoms with E-state index in [9.17, 15) is 68.4 Å². The van der Waals surface area contributed by atoms with E-state index in [0.717, 1.165) is 50.3 Å². The Morgan fingerprint density at radius 1 is 0.702 bits per heavy atom. The van der Waals surface area contributed by atoms with Gasteiger partial charge in [0, 0.05) is 32.0 Å². The number of aliphatic hydroxyl groups is 3. The second-order valence-corrected chi connectivity index (χ2v) is 23.0. The number of aromatic hydroxyl groups is 1. The second kappa shape index (κ2) is 37.2. The first-order valence-corrected chi connectivity index (χ1v) is 29.1. The smallest absolute Gasteiger partial charge is 0.329 e. The third kappa shape index (κ3) is 25.4. The zero-order valence-electron chi connectivity index (χ0n) is 50.9. The summed E-state index contributed by atoms with van der Waals surface area (Å²) in [6, 6.07) is -4.47. The number of phenols is 1. The molecule has 9 amide bonds. The SMILES string of the molecule is CCCCCC/C=C\CC(=O)N[C@H](C(=O)N[C@H](C(=O)N[C@@H](CO)[C@@H](O)CC(=O)N[C@H](C(=O)N[C@H](/C=C/C(=O)N[C@H](C(=O)N[C@@H]1/C=C/C(=O)N[C@@H](C(C)C)C(=O)N(C)[C@@H](Cc2ccc(O)cc2)C(=O)OC1)C(C)C)CO)C(C)C)C(C)C)C(C)C. The maximum Gasteiger partial charge on any atom is 0.329 e. The van der Waals surface area contributed by atoms with E-state index in [1.54, 1.807) is 87.4 Å². The van der Waals surface area contributed by atoms with E-state index in [1.807, 2.05) is 6.08 Å². The van der Waals surface area contributed by atoms with Gasteiger partial charge in [-0.25, -0.2) is 4.79 Å². The lowest BCUT2D eigenvalue weighted by Gasteiger charge is -2.32. The summed E-state index contributed by atoms with van der Waals surface area (Å²) in [5.41, 5.74) is 0.598. The van der Waals surface area contributed by atoms with E-state index >= 15 is 0 Å². The van der Waals surface area contributed by atoms with Gasteiger partial charge in [0.2, 0.25) is 53.2 Å². The molecule has 1 aliphatic heterocycles. The van der Waals surface area contributed by atoms with Crippen molar-refractivity contribution in [1.82, 2.24) is 47.4 Å². The topological polar surface area (TPSA) is 360 Å². The second-order valence-electron chi connectivity index (χ2n) is 23.0. The Hall–Kier alpha value is -7.18. The van der Waals surface area contributed by atoms with Gasteiger partial charge in [-0.15, -0.1) is 0 Å². The molecule has 0 fully saturated rings. The number of phenolic OH excluding ortho intramolecular Hbond substituents is 1. The number of hydrogen-bond acceptors (Lipinski definition) is 15. The van der Waals surface area contributed by atoms with Gasteiger partial charge in [-0.05, 0) is 60.1 Å². The summed E-state index contributed by atoms with van der Waals surface area (Å²) < 4.78 is 5.66. The Kier molecular flexibility index (Phi) is 32.3. The molecule has 0 spiro atoms. The van der Waals surface area contributed by atoms with Crippen molar-refractivity contribution in [2.75, 3.05) is 26.9 Å². The number of unbranched alkanes of at least 4 members (excludes halogenated alkanes) is 4. The van der Waals surface area contributed by atoms with Crippen LogP contribution in [0.15, 0.2) is 60.7 Å². The standard InChI is InChI=1S/C60H95N9O15/c1-13-14-15-16-17-18-19-20-46(74)64-52(36(6)7)58(81)68-53(37(8)9)57(80)63-43(32-71)45(73)30-49(77)67-51(35(4)5)55(78)61-40(31-70)23-27-47(75)65-50(34(2)3)56(79)62-41-24-28-48(76)66-54(38(10)11)59(82)69(12)44(60(83)84-33-41)29-39-21-25-42(72)26-22-39/h18-19,21-28,34-38,40-41,43-45,50-54,70-73H,13-17,20,29-33H2,1-12H3,(H,61,78)(H,62,79)(H,63,80)(H,64,74)(H,65,75)(H,66,76)(H,67,77)(H,68,81)/b19-18-,27-23+,28-24+/t40-,41-,43+,44+,45+,50+,51+,52+,53+,54+/m1/s1. The number of nitrogens with one attached hydrogen (secondary N) is 8. The van der Waals surface area contributed by atoms with Gasteiger partial charge in [-0.1, -0.05) is 132 Å². The fourth-order valence-corrected chi connectivity index (χ4v) is 8.76. The number of nitrogens with zero attached hydrogens (tertiary/aromatic N) is 1. The van der Waals surface area contributed by atoms with Crippen LogP contribution < -0.4 is 42.5 Å². The summed E-state index contributed by atoms with van der Waals surface area (Å²) in [5.74, 6) is -9.27. The third-order valence-electron chi connectivity index (χ3n) is 14.0. The van der Waals surface area contributed by atoms with E-state index in [4.69, 9.17) is 4.74 Å². The average Bonchev–Trinajstić information content (AvgIpc) is 3.43. The van der Waals surface area contributed by atoms with Gasteiger partial charge in [0.1, 0.15) is 48.6 Å². The van der Waals surface area contributed by atoms with Gasteiger partial charge in [-0.2, -0.15) is 0 Å². The number of likely N-dealkylation sites (N-methyl/N-ethyl adjacent to an activating group) is 1. The molecule has 1 aromatic rings. The molecule has 1 aromatic carbocycles. The lowest BCUT2D eigenvalue weighted by Crippen LogP contribution is -2.59. The van der Waals surface area contributed by atoms with Crippen LogP contribution in [0.3, 0.4) is 0 Å². The molecule has 0 bridgehead atoms. The van der Waals surface area contributed by atoms with E-state index in [0.29, 0.717) is 5.56 Å². The maximum absolute atomic E-state index is 13.8. The molecule has 2 rings (SSSR count). The molecule has 12 N–H and O–H groups in total. The third-order valence-corrected chi connectivity index (χ3v) is 14.0. The van der Waals surface area contributed by atoms with Crippen LogP contribution >= 0.6 is 0 Å². The van der Waals surface area contributed by atoms with Gasteiger partial charge in [0.15, 0.2) is 0 Å². The monoisotopic (exact) mass is 1180 g/mol. The highest BCUT2D eigenvalue weighted by atomic mass is 16.5. The predicted octanol–water partition coefficient (Wildman–Crippen LogP) is 1.24. The van der Waals surface area contributed by atoms with Crippen molar-refractivity contribution in [3.63, 3.8) is 0 Å². The van der Waals surface area contributed by atoms with E-state index in [-0.39, 0.29) is 30.4 Å². The molecule has 0 aliphatic carbocycles. The van der Waals surface area contributed by atoms with Gasteiger partial charge < -0.3 is 72.6 Å². The maximum atomic E-state index is 13.8. The van der Waals surface area contributed by atoms with Crippen molar-refractivity contribution in [3.05, 3.63) is 66.3 Å². The summed E-state index contributed by atoms with van der Waals surface area (Å²) in [6.07, 6.45) is 11.2. The highest BCUT2D eigenvalue weighted by Gasteiger charge is 2.37. The minimum Gasteiger partial charge on any atom is -0.508 e. The summed E-state index contributed by atoms with van der Waals surface area (Å²) in [6.45, 7) is 16.9. The minimum atomic E-state index is -1.68. The molecular weight excluding hydrogens is 1090 g/mol. The summed E-state index contributed by atoms with van der Waals surface area (Å²) in [4.78, 5) is 136. The Bertz CT molecular complexity index is 2430. The summed E-state index contributed by atoms with van der Waals surface area (Å²) in [7, 11) is 1.41. The van der Waals surface area contributed by atoms with Crippen LogP contribution in [0.25, 0.3) is 0 Å². The average molecular weight is 1180 g/mol. The zero-order valence-corrected chi connectivity index (χ0v) is 50.9. The van der Waals surface area contributed by atoms with Crippen LogP contribution in [0.2, 0.25) is 0 Å². The number of aliphatic hydroxyl groups excluding tert-OH is 3. The molecule has 0 saturated carbocycles. The van der Waals surface area contributed by atoms with Gasteiger partial charge >= 0.3 is 5.97 Å². The number of rotatable bonds is 32. The molecule has 0 radical (unpaired) electrons. The molecule has 470 valence electrons. The Labute approximate surface area is 494 Å². The molecule has 24 heteroatoms. The zero-order chi connectivity index (χ0) is 63.4. The molecule has 0 unspecified atom stereocenters. The summed E-state index contributed by atoms with van der Waals surface area (Å²) >= 11 is 0. The number of esters is 1. The number of ether oxygens (including phenoxy) is 1. The lowest BCUT2D eigenvalue weighted by atomic mass is 9.98. The Morgan fingerprint density at radius 3 is 1.82 bits per heavy atom. The van der Waals surface area contributed by atoms with Crippen LogP contribution in [-0.4, -0.2) is 172 Å². The van der Waals surface area contributed by atoms with Crippen LogP contribution in [0.4, 0.5) is 0 Å². The van der Waals surface area contributed by atoms with Crippen molar-refractivity contribution in [1.29, 1.82) is 0 Å². The lowest BCUT2D eigenvalue weighted by molar-refractivity contribution is -0.156. The molecule has 24 nitrogen and oxygen atoms in total. The largest absolute Gasteiger partial charge is 0.508 e. The van der Waals surface area contributed by atoms with Crippen molar-refractivity contribution in [3.8, 4) is 5.75 Å². The van der Waals surface area contributed by atoms with Gasteiger partial charge in [0.25, 0.3) is 0 Å². The Morgan fingerprint density at radius 2 is 1.26 bits per heavy atom. The highest BCUT2D eigenvalue weighted by Crippen LogP contribution is 2.18. The van der Waals surface area contributed by atoms with Crippen molar-refractivity contribution < 1.29 is 73.1 Å². The highest BCUT2D eigenvalue weighted by molar-refractivity contribution is 5.96. The number of hydrogen-bond donors (Lipinski definition) is 12. The number of carbonyl (C=O) groups is 10. The predicted molar refractivity (Wildman–Crippen MR) is 315 cm³/mol. The molecule has 1 heterocycles. The van der Waals surface area contributed by atoms with Gasteiger partial charge in [-0.3, -0.25) is 43.2 Å². The number of cyclic esters (lactones) is 1. The summed E-state index contributed by atoms with van der Waals surface area (Å²) in [5, 5.41) is 62.3. The van der Waals surface area contributed by atoms with Crippen molar-refractivity contribution >= 4 is 59.1 Å². The van der Waals surface area contributed by atoms with Crippen molar-refractivity contribution in [2.24, 2.45) is 29.6 Å². The van der Waals surface area contributed by atoms with Crippen molar-refractivity contribution in [2.45, 2.75) is 188 Å². The number of carbonyl (C=O) groups excluding carboxylic acids is 10. The van der Waals surface area contributed by atoms with E-state index < -0.39 is 164 Å². The molecule has 84 heavy (non-hydrogen) atoms.